The summed E-state index contributed by atoms with van der Waals surface area (Å²) in [5.41, 5.74) is 1.67. The zero-order valence-corrected chi connectivity index (χ0v) is 21.0. The van der Waals surface area contributed by atoms with Crippen molar-refractivity contribution in [1.29, 1.82) is 0 Å². The van der Waals surface area contributed by atoms with Gasteiger partial charge in [-0.15, -0.1) is 5.10 Å². The van der Waals surface area contributed by atoms with Crippen molar-refractivity contribution in [3.63, 3.8) is 0 Å². The van der Waals surface area contributed by atoms with Gasteiger partial charge in [-0.3, -0.25) is 0 Å². The van der Waals surface area contributed by atoms with Crippen molar-refractivity contribution >= 4 is 32.8 Å². The molecule has 0 bridgehead atoms. The number of fused-ring (bicyclic) bond motifs is 1. The lowest BCUT2D eigenvalue weighted by Crippen LogP contribution is -2.44. The van der Waals surface area contributed by atoms with Crippen LogP contribution in [0.4, 0.5) is 30.5 Å². The maximum atomic E-state index is 13.6. The normalized spacial score (nSPS) is 15.3. The Balaban J connectivity index is 0.00000336. The van der Waals surface area contributed by atoms with Crippen LogP contribution >= 0.6 is 0 Å². The number of alkyl halides is 3. The van der Waals surface area contributed by atoms with Gasteiger partial charge in [0.25, 0.3) is 0 Å². The Bertz CT molecular complexity index is 1530. The van der Waals surface area contributed by atoms with Crippen LogP contribution in [0.1, 0.15) is 6.99 Å². The lowest BCUT2D eigenvalue weighted by Gasteiger charge is -2.34. The minimum atomic E-state index is -4.60. The van der Waals surface area contributed by atoms with E-state index in [9.17, 15) is 21.6 Å². The molecule has 1 aliphatic rings. The molecule has 0 atom stereocenters. The fourth-order valence-corrected chi connectivity index (χ4v) is 4.87. The highest BCUT2D eigenvalue weighted by molar-refractivity contribution is 7.90. The van der Waals surface area contributed by atoms with E-state index in [1.54, 1.807) is 0 Å². The highest BCUT2D eigenvalue weighted by Crippen LogP contribution is 2.35. The SMILES string of the molecule is CN1CCN(c2ccc(Nc3nc4c(-c5ccc(S(C)(=O)=O)cc5)cc(C(F)(F)F)cn4n3)cc2)CC1.[HH]. The number of rotatable bonds is 5. The topological polar surface area (TPSA) is 82.8 Å². The first-order valence-electron chi connectivity index (χ1n) is 11.6. The number of nitrogens with zero attached hydrogens (tertiary/aromatic N) is 5. The number of hydrogen-bond acceptors (Lipinski definition) is 7. The van der Waals surface area contributed by atoms with Gasteiger partial charge in [0.2, 0.25) is 5.95 Å². The van der Waals surface area contributed by atoms with E-state index >= 15 is 0 Å². The maximum Gasteiger partial charge on any atom is 0.417 e. The number of hydrogen-bond donors (Lipinski definition) is 1. The lowest BCUT2D eigenvalue weighted by atomic mass is 10.1. The Kier molecular flexibility index (Phi) is 6.32. The number of anilines is 3. The number of likely N-dealkylation sites (N-methyl/N-ethyl adjacent to an activating group) is 1. The predicted octanol–water partition coefficient (Wildman–Crippen LogP) is 4.56. The third-order valence-corrected chi connectivity index (χ3v) is 7.47. The van der Waals surface area contributed by atoms with Crippen LogP contribution in [0.3, 0.4) is 0 Å². The minimum absolute atomic E-state index is 0. The molecule has 196 valence electrons. The van der Waals surface area contributed by atoms with E-state index in [1.807, 2.05) is 24.3 Å². The van der Waals surface area contributed by atoms with E-state index in [0.29, 0.717) is 11.3 Å². The fourth-order valence-electron chi connectivity index (χ4n) is 4.24. The van der Waals surface area contributed by atoms with Gasteiger partial charge in [0.05, 0.1) is 10.5 Å². The number of benzene rings is 2. The molecule has 8 nitrogen and oxygen atoms in total. The Hall–Kier alpha value is -3.64. The van der Waals surface area contributed by atoms with Gasteiger partial charge in [0, 0.05) is 57.0 Å². The number of nitrogens with one attached hydrogen (secondary N) is 1. The molecule has 12 heteroatoms. The van der Waals surface area contributed by atoms with Gasteiger partial charge >= 0.3 is 6.18 Å². The smallest absolute Gasteiger partial charge is 0.369 e. The molecule has 0 radical (unpaired) electrons. The van der Waals surface area contributed by atoms with E-state index in [0.717, 1.165) is 54.9 Å². The Morgan fingerprint density at radius 3 is 2.22 bits per heavy atom. The zero-order valence-electron chi connectivity index (χ0n) is 20.2. The van der Waals surface area contributed by atoms with Crippen molar-refractivity contribution in [2.75, 3.05) is 49.7 Å². The van der Waals surface area contributed by atoms with Crippen LogP contribution in [0.25, 0.3) is 16.8 Å². The van der Waals surface area contributed by atoms with Crippen molar-refractivity contribution in [3.05, 3.63) is 66.4 Å². The molecule has 0 amide bonds. The second kappa shape index (κ2) is 9.34. The molecule has 37 heavy (non-hydrogen) atoms. The first-order chi connectivity index (χ1) is 17.5. The van der Waals surface area contributed by atoms with Crippen LogP contribution in [0, 0.1) is 0 Å². The molecule has 1 aliphatic heterocycles. The van der Waals surface area contributed by atoms with Crippen molar-refractivity contribution < 1.29 is 23.0 Å². The van der Waals surface area contributed by atoms with Crippen molar-refractivity contribution in [2.45, 2.75) is 11.1 Å². The van der Waals surface area contributed by atoms with E-state index in [4.69, 9.17) is 0 Å². The summed E-state index contributed by atoms with van der Waals surface area (Å²) < 4.78 is 65.6. The Morgan fingerprint density at radius 1 is 0.973 bits per heavy atom. The van der Waals surface area contributed by atoms with Gasteiger partial charge < -0.3 is 15.1 Å². The number of halogens is 3. The highest BCUT2D eigenvalue weighted by atomic mass is 32.2. The molecule has 1 saturated heterocycles. The van der Waals surface area contributed by atoms with Gasteiger partial charge in [-0.1, -0.05) is 12.1 Å². The van der Waals surface area contributed by atoms with Gasteiger partial charge in [0.1, 0.15) is 0 Å². The van der Waals surface area contributed by atoms with Gasteiger partial charge in [-0.25, -0.2) is 12.9 Å². The van der Waals surface area contributed by atoms with Crippen molar-refractivity contribution in [1.82, 2.24) is 19.5 Å². The number of sulfone groups is 1. The summed E-state index contributed by atoms with van der Waals surface area (Å²) >= 11 is 0. The Labute approximate surface area is 213 Å². The maximum absolute atomic E-state index is 13.6. The molecular weight excluding hydrogens is 505 g/mol. The summed E-state index contributed by atoms with van der Waals surface area (Å²) in [6.45, 7) is 3.86. The second-order valence-corrected chi connectivity index (χ2v) is 11.1. The van der Waals surface area contributed by atoms with Crippen molar-refractivity contribution in [2.24, 2.45) is 0 Å². The molecule has 0 aliphatic carbocycles. The summed E-state index contributed by atoms with van der Waals surface area (Å²) in [5, 5.41) is 7.29. The van der Waals surface area contributed by atoms with Gasteiger partial charge in [-0.2, -0.15) is 18.2 Å². The second-order valence-electron chi connectivity index (χ2n) is 9.10. The summed E-state index contributed by atoms with van der Waals surface area (Å²) in [5.74, 6) is 0.140. The Morgan fingerprint density at radius 2 is 1.62 bits per heavy atom. The van der Waals surface area contributed by atoms with Crippen molar-refractivity contribution in [3.8, 4) is 11.1 Å². The number of aromatic nitrogens is 3. The zero-order chi connectivity index (χ0) is 26.4. The highest BCUT2D eigenvalue weighted by Gasteiger charge is 2.32. The van der Waals surface area contributed by atoms with Crippen LogP contribution in [0.5, 0.6) is 0 Å². The molecule has 3 heterocycles. The number of piperazine rings is 1. The van der Waals surface area contributed by atoms with Crippen LogP contribution in [-0.4, -0.2) is 67.4 Å². The van der Waals surface area contributed by atoms with Crippen LogP contribution in [-0.2, 0) is 16.0 Å². The van der Waals surface area contributed by atoms with E-state index in [2.05, 4.69) is 32.2 Å². The average Bonchev–Trinajstić information content (AvgIpc) is 3.26. The molecule has 1 fully saturated rings. The molecule has 5 rings (SSSR count). The van der Waals surface area contributed by atoms with Crippen LogP contribution in [0.2, 0.25) is 0 Å². The first-order valence-corrected chi connectivity index (χ1v) is 13.5. The quantitative estimate of drug-likeness (QED) is 0.404. The molecule has 0 unspecified atom stereocenters. The lowest BCUT2D eigenvalue weighted by molar-refractivity contribution is -0.137. The van der Waals surface area contributed by atoms with E-state index < -0.39 is 21.6 Å². The monoisotopic (exact) mass is 532 g/mol. The van der Waals surface area contributed by atoms with E-state index in [-0.39, 0.29) is 23.5 Å². The summed E-state index contributed by atoms with van der Waals surface area (Å²) in [6, 6.07) is 14.4. The standard InChI is InChI=1S/C25H25F3N6O2S.H2/c1-32-11-13-33(14-12-32)20-7-5-19(6-8-20)29-24-30-23-22(15-18(25(26,27)28)16-34(23)31-24)17-3-9-21(10-4-17)37(2,35)36;/h3-10,15-16H,11-14H2,1-2H3,(H,29,31);1H. The summed E-state index contributed by atoms with van der Waals surface area (Å²) in [4.78, 5) is 9.09. The molecule has 1 N–H and O–H groups in total. The molecule has 0 saturated carbocycles. The van der Waals surface area contributed by atoms with E-state index in [1.165, 1.54) is 24.3 Å². The predicted molar refractivity (Wildman–Crippen MR) is 138 cm³/mol. The average molecular weight is 533 g/mol. The third kappa shape index (κ3) is 5.39. The fraction of sp³-hybridized carbons (Fsp3) is 0.280. The third-order valence-electron chi connectivity index (χ3n) is 6.35. The first kappa shape index (κ1) is 25.0. The van der Waals surface area contributed by atoms with Crippen LogP contribution in [0.15, 0.2) is 65.7 Å². The van der Waals surface area contributed by atoms with Gasteiger partial charge in [0.15, 0.2) is 15.5 Å². The minimum Gasteiger partial charge on any atom is -0.369 e. The molecule has 0 spiro atoms. The molecule has 4 aromatic rings. The largest absolute Gasteiger partial charge is 0.417 e. The molecule has 2 aromatic carbocycles. The van der Waals surface area contributed by atoms with Gasteiger partial charge in [-0.05, 0) is 55.1 Å². The molecular formula is C25H27F3N6O2S. The van der Waals surface area contributed by atoms with Crippen LogP contribution < -0.4 is 10.2 Å². The number of pyridine rings is 1. The summed E-state index contributed by atoms with van der Waals surface area (Å²) in [7, 11) is -1.35. The summed E-state index contributed by atoms with van der Waals surface area (Å²) in [6.07, 6.45) is -2.65. The molecule has 2 aromatic heterocycles.